The van der Waals surface area contributed by atoms with Crippen molar-refractivity contribution in [2.24, 2.45) is 0 Å². The smallest absolute Gasteiger partial charge is 0.744 e. The van der Waals surface area contributed by atoms with Crippen molar-refractivity contribution in [2.45, 2.75) is 243 Å². The summed E-state index contributed by atoms with van der Waals surface area (Å²) in [7, 11) is -9.07. The minimum absolute atomic E-state index is 0. The van der Waals surface area contributed by atoms with Gasteiger partial charge >= 0.3 is 17.1 Å². The molecule has 365 valence electrons. The van der Waals surface area contributed by atoms with Crippen LogP contribution in [0.3, 0.4) is 0 Å². The van der Waals surface area contributed by atoms with Crippen LogP contribution in [0.1, 0.15) is 230 Å². The molecule has 0 N–H and O–H groups in total. The number of rotatable bonds is 34. The van der Waals surface area contributed by atoms with E-state index in [9.17, 15) is 25.9 Å². The van der Waals surface area contributed by atoms with Crippen molar-refractivity contribution in [3.63, 3.8) is 0 Å². The molecule has 0 atom stereocenters. The summed E-state index contributed by atoms with van der Waals surface area (Å²) < 4.78 is 74.1. The van der Waals surface area contributed by atoms with Crippen LogP contribution in [-0.2, 0) is 63.0 Å². The van der Waals surface area contributed by atoms with Crippen molar-refractivity contribution in [2.75, 3.05) is 0 Å². The maximum Gasteiger partial charge on any atom is 2.00 e. The molecule has 6 nitrogen and oxygen atoms in total. The van der Waals surface area contributed by atoms with Crippen LogP contribution in [0.25, 0.3) is 21.5 Å². The molecule has 0 unspecified atom stereocenters. The predicted octanol–water partition coefficient (Wildman–Crippen LogP) is 16.7. The molecule has 0 spiro atoms. The summed E-state index contributed by atoms with van der Waals surface area (Å²) in [6, 6.07) is 19.2. The molecule has 4 aromatic carbocycles. The first-order chi connectivity index (χ1) is 31.0. The van der Waals surface area contributed by atoms with E-state index in [1.54, 1.807) is 12.1 Å². The molecule has 0 saturated carbocycles. The first kappa shape index (κ1) is 58.9. The number of aryl methyl sites for hydroxylation is 2. The zero-order valence-electron chi connectivity index (χ0n) is 41.0. The van der Waals surface area contributed by atoms with Gasteiger partial charge in [0.25, 0.3) is 0 Å². The zero-order valence-corrected chi connectivity index (χ0v) is 43.9. The molecule has 0 heterocycles. The molecule has 0 bridgehead atoms. The zero-order chi connectivity index (χ0) is 46.5. The largest absolute Gasteiger partial charge is 2.00 e. The van der Waals surface area contributed by atoms with Crippen LogP contribution in [0.4, 0.5) is 0 Å². The Morgan fingerprint density at radius 3 is 0.877 bits per heavy atom. The molecule has 0 fully saturated rings. The van der Waals surface area contributed by atoms with Crippen molar-refractivity contribution >= 4 is 41.8 Å². The molecule has 4 aromatic rings. The van der Waals surface area contributed by atoms with Gasteiger partial charge in [-0.15, -0.1) is 0 Å². The van der Waals surface area contributed by atoms with Gasteiger partial charge in [0.15, 0.2) is 0 Å². The topological polar surface area (TPSA) is 114 Å². The first-order valence-corrected chi connectivity index (χ1v) is 28.8. The number of fused-ring (bicyclic) bond motifs is 2. The van der Waals surface area contributed by atoms with Gasteiger partial charge in [-0.1, -0.05) is 242 Å². The molecule has 65 heavy (non-hydrogen) atoms. The molecule has 0 aliphatic rings. The molecule has 0 amide bonds. The minimum Gasteiger partial charge on any atom is -0.744 e. The van der Waals surface area contributed by atoms with Gasteiger partial charge in [-0.05, 0) is 95.2 Å². The Balaban J connectivity index is 0.000000440. The summed E-state index contributed by atoms with van der Waals surface area (Å²) in [6.07, 6.45) is 36.7. The quantitative estimate of drug-likeness (QED) is 0.0262. The molecular weight excluding hydrogens is 888 g/mol. The predicted molar refractivity (Wildman–Crippen MR) is 271 cm³/mol. The van der Waals surface area contributed by atoms with E-state index in [-0.39, 0.29) is 26.9 Å². The van der Waals surface area contributed by atoms with Crippen molar-refractivity contribution in [3.05, 3.63) is 82.9 Å². The summed E-state index contributed by atoms with van der Waals surface area (Å²) in [4.78, 5) is 0.0825. The number of hydrogen-bond acceptors (Lipinski definition) is 6. The van der Waals surface area contributed by atoms with Crippen LogP contribution in [0.15, 0.2) is 70.5 Å². The molecular formula is C56H86MnO6S2. The SMILES string of the molecule is CCCCCCCCCc1cc2ccccc2c(S(=O)(=O)[O-])c1CCCCCCCCC.CCCCCCCCCc1cc2ccccc2c(S(=O)(=O)[O-])c1CCCCCCCCC.[Mn+2]. The van der Waals surface area contributed by atoms with E-state index in [0.717, 1.165) is 97.2 Å². The molecule has 1 radical (unpaired) electrons. The molecule has 0 saturated heterocycles. The molecule has 0 aliphatic carbocycles. The van der Waals surface area contributed by atoms with Gasteiger partial charge in [-0.25, -0.2) is 16.8 Å². The van der Waals surface area contributed by atoms with Gasteiger partial charge in [0.2, 0.25) is 0 Å². The molecule has 0 aliphatic heterocycles. The fourth-order valence-corrected chi connectivity index (χ4v) is 11.4. The summed E-state index contributed by atoms with van der Waals surface area (Å²) in [5, 5.41) is 2.90. The van der Waals surface area contributed by atoms with Crippen LogP contribution < -0.4 is 0 Å². The van der Waals surface area contributed by atoms with Crippen molar-refractivity contribution in [1.29, 1.82) is 0 Å². The fourth-order valence-electron chi connectivity index (χ4n) is 9.45. The van der Waals surface area contributed by atoms with E-state index in [0.29, 0.717) is 23.6 Å². The standard InChI is InChI=1S/2C28H44O3S.Mn/c2*1-3-5-7-9-11-13-15-19-24-23-25-20-17-18-22-27(25)28(32(29,30)31)26(24)21-16-14-12-10-8-6-4-2;/h2*17-18,20,22-23H,3-16,19,21H2,1-2H3,(H,29,30,31);/q;;+2/p-2. The van der Waals surface area contributed by atoms with Gasteiger partial charge in [-0.3, -0.25) is 0 Å². The maximum atomic E-state index is 12.3. The summed E-state index contributed by atoms with van der Waals surface area (Å²) in [5.41, 5.74) is 3.71. The minimum atomic E-state index is -4.53. The van der Waals surface area contributed by atoms with Gasteiger partial charge in [0.05, 0.1) is 9.79 Å². The van der Waals surface area contributed by atoms with E-state index < -0.39 is 20.2 Å². The third-order valence-corrected chi connectivity index (χ3v) is 15.0. The van der Waals surface area contributed by atoms with Crippen LogP contribution in [0.2, 0.25) is 0 Å². The first-order valence-electron chi connectivity index (χ1n) is 26.0. The van der Waals surface area contributed by atoms with E-state index in [2.05, 4.69) is 39.8 Å². The van der Waals surface area contributed by atoms with Crippen LogP contribution in [-0.4, -0.2) is 25.9 Å². The molecule has 9 heteroatoms. The normalized spacial score (nSPS) is 11.8. The van der Waals surface area contributed by atoms with Gasteiger partial charge in [0, 0.05) is 0 Å². The van der Waals surface area contributed by atoms with Gasteiger partial charge in [0.1, 0.15) is 20.2 Å². The van der Waals surface area contributed by atoms with Crippen LogP contribution >= 0.6 is 0 Å². The third kappa shape index (κ3) is 22.1. The number of benzene rings is 4. The van der Waals surface area contributed by atoms with Crippen molar-refractivity contribution in [1.82, 2.24) is 0 Å². The Hall–Kier alpha value is -2.26. The van der Waals surface area contributed by atoms with Crippen LogP contribution in [0.5, 0.6) is 0 Å². The fraction of sp³-hybridized carbons (Fsp3) is 0.643. The second kappa shape index (κ2) is 34.1. The van der Waals surface area contributed by atoms with Gasteiger partial charge < -0.3 is 9.11 Å². The van der Waals surface area contributed by atoms with E-state index in [4.69, 9.17) is 0 Å². The summed E-state index contributed by atoms with van der Waals surface area (Å²) >= 11 is 0. The number of unbranched alkanes of at least 4 members (excludes halogenated alkanes) is 24. The summed E-state index contributed by atoms with van der Waals surface area (Å²) in [5.74, 6) is 0. The van der Waals surface area contributed by atoms with Crippen molar-refractivity contribution in [3.8, 4) is 0 Å². The summed E-state index contributed by atoms with van der Waals surface area (Å²) in [6.45, 7) is 8.90. The van der Waals surface area contributed by atoms with Crippen LogP contribution in [0, 0.1) is 0 Å². The Kier molecular flexibility index (Phi) is 30.9. The average Bonchev–Trinajstić information content (AvgIpc) is 3.27. The Morgan fingerprint density at radius 2 is 0.600 bits per heavy atom. The second-order valence-corrected chi connectivity index (χ2v) is 21.2. The van der Waals surface area contributed by atoms with E-state index in [1.165, 1.54) is 128 Å². The second-order valence-electron chi connectivity index (χ2n) is 18.5. The average molecular weight is 974 g/mol. The van der Waals surface area contributed by atoms with E-state index >= 15 is 0 Å². The third-order valence-electron chi connectivity index (χ3n) is 13.1. The molecule has 0 aromatic heterocycles. The number of hydrogen-bond donors (Lipinski definition) is 0. The maximum absolute atomic E-state index is 12.3. The molecule has 4 rings (SSSR count). The van der Waals surface area contributed by atoms with E-state index in [1.807, 2.05) is 36.4 Å². The van der Waals surface area contributed by atoms with Gasteiger partial charge in [-0.2, -0.15) is 0 Å². The Labute approximate surface area is 408 Å². The Bertz CT molecular complexity index is 1960. The Morgan fingerprint density at radius 1 is 0.354 bits per heavy atom. The van der Waals surface area contributed by atoms with Crippen molar-refractivity contribution < 1.29 is 43.0 Å². The monoisotopic (exact) mass is 974 g/mol.